The first kappa shape index (κ1) is 26.4. The zero-order valence-electron chi connectivity index (χ0n) is 20.9. The molecule has 6 atom stereocenters. The van der Waals surface area contributed by atoms with E-state index in [1.807, 2.05) is 0 Å². The Kier molecular flexibility index (Phi) is 7.30. The fraction of sp³-hybridized carbons (Fsp3) is 0.481. The number of para-hydroxylation sites is 1. The van der Waals surface area contributed by atoms with Crippen LogP contribution in [-0.2, 0) is 28.7 Å². The number of esters is 1. The van der Waals surface area contributed by atoms with Gasteiger partial charge in [-0.2, -0.15) is 0 Å². The van der Waals surface area contributed by atoms with E-state index < -0.39 is 53.5 Å². The van der Waals surface area contributed by atoms with Gasteiger partial charge in [0.2, 0.25) is 11.8 Å². The minimum atomic E-state index is -1.46. The maximum atomic E-state index is 14.2. The number of carbonyl (C=O) groups excluding carboxylic acids is 4. The van der Waals surface area contributed by atoms with E-state index in [-0.39, 0.29) is 38.6 Å². The van der Waals surface area contributed by atoms with Gasteiger partial charge in [0.25, 0.3) is 5.91 Å². The lowest BCUT2D eigenvalue weighted by Gasteiger charge is -2.35. The molecule has 4 aliphatic heterocycles. The molecule has 0 aliphatic carbocycles. The zero-order chi connectivity index (χ0) is 27.0. The molecule has 3 amide bonds. The SMILES string of the molecule is C[C@H]1CNC(=O)CC/C=C\[C@@H]2O[C@@]34C=CCN(c5ccccc5Cl)C(=O)[C@@H]3N(CCO)C(=O)[C@H]4[C@@H]2C(=O)O1. The van der Waals surface area contributed by atoms with Crippen LogP contribution in [0.2, 0.25) is 5.02 Å². The average molecular weight is 544 g/mol. The van der Waals surface area contributed by atoms with E-state index in [0.29, 0.717) is 17.1 Å². The number of rotatable bonds is 3. The van der Waals surface area contributed by atoms with Crippen molar-refractivity contribution in [3.63, 3.8) is 0 Å². The summed E-state index contributed by atoms with van der Waals surface area (Å²) in [6.45, 7) is 1.50. The molecule has 1 spiro atoms. The Morgan fingerprint density at radius 1 is 1.16 bits per heavy atom. The second-order valence-electron chi connectivity index (χ2n) is 9.92. The molecule has 10 nitrogen and oxygen atoms in total. The molecule has 1 aromatic rings. The normalized spacial score (nSPS) is 34.3. The van der Waals surface area contributed by atoms with Crippen molar-refractivity contribution in [2.75, 3.05) is 31.1 Å². The van der Waals surface area contributed by atoms with Crippen molar-refractivity contribution in [2.45, 2.75) is 43.6 Å². The molecule has 4 heterocycles. The third-order valence-electron chi connectivity index (χ3n) is 7.52. The van der Waals surface area contributed by atoms with Crippen LogP contribution in [0.15, 0.2) is 48.6 Å². The van der Waals surface area contributed by atoms with Crippen LogP contribution in [-0.4, -0.2) is 83.8 Å². The molecular weight excluding hydrogens is 514 g/mol. The Bertz CT molecular complexity index is 1200. The number of nitrogens with one attached hydrogen (secondary N) is 1. The van der Waals surface area contributed by atoms with Gasteiger partial charge < -0.3 is 29.7 Å². The van der Waals surface area contributed by atoms with E-state index in [4.69, 9.17) is 21.1 Å². The second kappa shape index (κ2) is 10.5. The van der Waals surface area contributed by atoms with Crippen molar-refractivity contribution in [1.29, 1.82) is 0 Å². The predicted molar refractivity (Wildman–Crippen MR) is 137 cm³/mol. The number of cyclic esters (lactones) is 1. The van der Waals surface area contributed by atoms with Gasteiger partial charge in [-0.15, -0.1) is 0 Å². The van der Waals surface area contributed by atoms with Crippen molar-refractivity contribution in [2.24, 2.45) is 11.8 Å². The molecule has 0 unspecified atom stereocenters. The lowest BCUT2D eigenvalue weighted by atomic mass is 9.78. The largest absolute Gasteiger partial charge is 0.460 e. The van der Waals surface area contributed by atoms with Crippen molar-refractivity contribution in [1.82, 2.24) is 10.2 Å². The summed E-state index contributed by atoms with van der Waals surface area (Å²) in [6.07, 6.45) is 6.06. The minimum Gasteiger partial charge on any atom is -0.460 e. The number of β-amino-alcohol motifs (C(OH)–C–C–N with tert-alkyl or cyclic N) is 1. The molecule has 11 heteroatoms. The Balaban J connectivity index is 1.59. The van der Waals surface area contributed by atoms with Crippen molar-refractivity contribution in [3.8, 4) is 0 Å². The van der Waals surface area contributed by atoms with E-state index in [0.717, 1.165) is 0 Å². The van der Waals surface area contributed by atoms with Crippen LogP contribution < -0.4 is 10.2 Å². The number of benzene rings is 1. The van der Waals surface area contributed by atoms with Crippen LogP contribution in [0, 0.1) is 11.8 Å². The van der Waals surface area contributed by atoms with Crippen LogP contribution in [0.5, 0.6) is 0 Å². The number of allylic oxidation sites excluding steroid dienone is 1. The quantitative estimate of drug-likeness (QED) is 0.433. The number of amides is 3. The molecule has 2 saturated heterocycles. The number of likely N-dealkylation sites (tertiary alicyclic amines) is 1. The standard InChI is InChI=1S/C27H30ClN3O7/c1-16-15-29-20(33)10-5-4-9-19-21(26(36)37-16)22-24(34)31(13-14-32)23-25(35)30(12-6-11-27(22,23)38-19)18-8-3-2-7-17(18)28/h2-4,6-9,11,16,19,21-23,32H,5,10,12-15H2,1H3,(H,29,33)/b9-4-/t16-,19-,21+,22+,23-,27+/m0/s1. The lowest BCUT2D eigenvalue weighted by Crippen LogP contribution is -2.55. The van der Waals surface area contributed by atoms with Gasteiger partial charge in [0.1, 0.15) is 23.7 Å². The summed E-state index contributed by atoms with van der Waals surface area (Å²) < 4.78 is 12.2. The summed E-state index contributed by atoms with van der Waals surface area (Å²) in [7, 11) is 0. The van der Waals surface area contributed by atoms with Crippen LogP contribution in [0.4, 0.5) is 5.69 Å². The maximum Gasteiger partial charge on any atom is 0.313 e. The van der Waals surface area contributed by atoms with Gasteiger partial charge in [0.15, 0.2) is 0 Å². The highest BCUT2D eigenvalue weighted by molar-refractivity contribution is 6.34. The number of hydrogen-bond acceptors (Lipinski definition) is 7. The predicted octanol–water partition coefficient (Wildman–Crippen LogP) is 1.21. The zero-order valence-corrected chi connectivity index (χ0v) is 21.7. The summed E-state index contributed by atoms with van der Waals surface area (Å²) in [5, 5.41) is 12.9. The van der Waals surface area contributed by atoms with E-state index in [1.165, 1.54) is 9.80 Å². The van der Waals surface area contributed by atoms with Gasteiger partial charge in [-0.3, -0.25) is 19.2 Å². The van der Waals surface area contributed by atoms with E-state index in [2.05, 4.69) is 5.32 Å². The first-order valence-corrected chi connectivity index (χ1v) is 13.1. The molecule has 38 heavy (non-hydrogen) atoms. The summed E-state index contributed by atoms with van der Waals surface area (Å²) in [6, 6.07) is 5.78. The number of anilines is 1. The number of ether oxygens (including phenoxy) is 2. The fourth-order valence-electron chi connectivity index (χ4n) is 5.90. The first-order valence-electron chi connectivity index (χ1n) is 12.7. The third-order valence-corrected chi connectivity index (χ3v) is 7.84. The number of nitrogens with zero attached hydrogens (tertiary/aromatic N) is 2. The monoisotopic (exact) mass is 543 g/mol. The second-order valence-corrected chi connectivity index (χ2v) is 10.3. The third kappa shape index (κ3) is 4.40. The van der Waals surface area contributed by atoms with E-state index in [1.54, 1.807) is 55.5 Å². The summed E-state index contributed by atoms with van der Waals surface area (Å²) in [5.41, 5.74) is -0.981. The van der Waals surface area contributed by atoms with E-state index in [9.17, 15) is 24.3 Å². The van der Waals surface area contributed by atoms with Crippen molar-refractivity contribution < 1.29 is 33.8 Å². The van der Waals surface area contributed by atoms with Gasteiger partial charge in [-0.1, -0.05) is 48.0 Å². The highest BCUT2D eigenvalue weighted by Gasteiger charge is 2.71. The summed E-state index contributed by atoms with van der Waals surface area (Å²) >= 11 is 6.42. The van der Waals surface area contributed by atoms with Gasteiger partial charge in [-0.25, -0.2) is 0 Å². The van der Waals surface area contributed by atoms with Crippen LogP contribution in [0.3, 0.4) is 0 Å². The summed E-state index contributed by atoms with van der Waals surface area (Å²) in [4.78, 5) is 56.4. The van der Waals surface area contributed by atoms with Crippen LogP contribution >= 0.6 is 11.6 Å². The Morgan fingerprint density at radius 3 is 2.71 bits per heavy atom. The Hall–Kier alpha value is -3.21. The molecule has 0 bridgehead atoms. The Morgan fingerprint density at radius 2 is 1.95 bits per heavy atom. The fourth-order valence-corrected chi connectivity index (χ4v) is 6.13. The minimum absolute atomic E-state index is 0.105. The molecule has 2 N–H and O–H groups in total. The number of aliphatic hydroxyl groups excluding tert-OH is 1. The van der Waals surface area contributed by atoms with Crippen molar-refractivity contribution >= 4 is 41.0 Å². The molecule has 1 aromatic carbocycles. The van der Waals surface area contributed by atoms with Crippen LogP contribution in [0.25, 0.3) is 0 Å². The molecule has 202 valence electrons. The molecule has 5 rings (SSSR count). The number of hydrogen-bond donors (Lipinski definition) is 2. The van der Waals surface area contributed by atoms with E-state index >= 15 is 0 Å². The van der Waals surface area contributed by atoms with Crippen molar-refractivity contribution in [3.05, 3.63) is 53.6 Å². The number of fused-ring (bicyclic) bond motifs is 2. The lowest BCUT2D eigenvalue weighted by molar-refractivity contribution is -0.158. The van der Waals surface area contributed by atoms with Gasteiger partial charge in [0.05, 0.1) is 35.9 Å². The molecule has 0 radical (unpaired) electrons. The highest BCUT2D eigenvalue weighted by atomic mass is 35.5. The first-order chi connectivity index (χ1) is 18.3. The average Bonchev–Trinajstić information content (AvgIpc) is 3.26. The number of aliphatic hydroxyl groups is 1. The topological polar surface area (TPSA) is 125 Å². The maximum absolute atomic E-state index is 14.2. The summed E-state index contributed by atoms with van der Waals surface area (Å²) in [5.74, 6) is -3.76. The number of carbonyl (C=O) groups is 4. The molecule has 0 aromatic heterocycles. The van der Waals surface area contributed by atoms with Crippen LogP contribution in [0.1, 0.15) is 19.8 Å². The van der Waals surface area contributed by atoms with Gasteiger partial charge in [-0.05, 0) is 25.5 Å². The van der Waals surface area contributed by atoms with Gasteiger partial charge >= 0.3 is 5.97 Å². The molecule has 0 saturated carbocycles. The molecule has 4 aliphatic rings. The Labute approximate surface area is 225 Å². The smallest absolute Gasteiger partial charge is 0.313 e. The number of halogens is 1. The highest BCUT2D eigenvalue weighted by Crippen LogP contribution is 2.53. The molecular formula is C27H30ClN3O7. The molecule has 2 fully saturated rings. The van der Waals surface area contributed by atoms with Gasteiger partial charge in [0, 0.05) is 19.5 Å².